The first-order chi connectivity index (χ1) is 6.69. The number of nitrogens with zero attached hydrogens (tertiary/aromatic N) is 1. The van der Waals surface area contributed by atoms with E-state index >= 15 is 0 Å². The van der Waals surface area contributed by atoms with Crippen molar-refractivity contribution in [3.8, 4) is 11.8 Å². The Morgan fingerprint density at radius 3 is 2.71 bits per heavy atom. The van der Waals surface area contributed by atoms with Crippen LogP contribution < -0.4 is 4.74 Å². The van der Waals surface area contributed by atoms with Crippen molar-refractivity contribution >= 4 is 15.9 Å². The van der Waals surface area contributed by atoms with Crippen molar-refractivity contribution in [2.45, 2.75) is 11.9 Å². The van der Waals surface area contributed by atoms with Gasteiger partial charge in [-0.3, -0.25) is 0 Å². The Balaban J connectivity index is 3.10. The van der Waals surface area contributed by atoms with Gasteiger partial charge < -0.3 is 4.74 Å². The van der Waals surface area contributed by atoms with E-state index in [0.717, 1.165) is 0 Å². The van der Waals surface area contributed by atoms with Crippen LogP contribution in [-0.4, -0.2) is 6.61 Å². The lowest BCUT2D eigenvalue weighted by Gasteiger charge is -2.09. The van der Waals surface area contributed by atoms with Crippen LogP contribution in [0, 0.1) is 11.3 Å². The number of hydrogen-bond acceptors (Lipinski definition) is 2. The maximum absolute atomic E-state index is 12.0. The van der Waals surface area contributed by atoms with Gasteiger partial charge in [-0.1, -0.05) is 22.0 Å². The third-order valence-corrected chi connectivity index (χ3v) is 2.16. The molecule has 0 amide bonds. The number of hydrogen-bond donors (Lipinski definition) is 0. The molecule has 0 fully saturated rings. The van der Waals surface area contributed by atoms with E-state index in [1.807, 2.05) is 6.07 Å². The zero-order valence-corrected chi connectivity index (χ0v) is 8.59. The lowest BCUT2D eigenvalue weighted by atomic mass is 10.1. The average molecular weight is 262 g/mol. The summed E-state index contributed by atoms with van der Waals surface area (Å²) in [5.41, 5.74) is 0.773. The van der Waals surface area contributed by atoms with Gasteiger partial charge in [-0.15, -0.1) is 0 Å². The Bertz CT molecular complexity index is 362. The summed E-state index contributed by atoms with van der Waals surface area (Å²) in [6.07, 6.45) is 0. The monoisotopic (exact) mass is 261 g/mol. The van der Waals surface area contributed by atoms with Crippen molar-refractivity contribution in [3.63, 3.8) is 0 Å². The number of ether oxygens (including phenoxy) is 1. The highest BCUT2D eigenvalue weighted by molar-refractivity contribution is 9.08. The van der Waals surface area contributed by atoms with Gasteiger partial charge in [0.05, 0.1) is 11.6 Å². The first kappa shape index (κ1) is 10.9. The number of halogens is 3. The summed E-state index contributed by atoms with van der Waals surface area (Å²) in [5.74, 6) is 0.0379. The molecule has 0 aromatic heterocycles. The Morgan fingerprint density at radius 1 is 1.50 bits per heavy atom. The SMILES string of the molecule is N#Cc1cccc(OC(F)F)c1CBr. The number of nitriles is 1. The van der Waals surface area contributed by atoms with Crippen LogP contribution in [0.5, 0.6) is 5.75 Å². The molecular formula is C9H6BrF2NO. The van der Waals surface area contributed by atoms with Crippen LogP contribution in [0.2, 0.25) is 0 Å². The standard InChI is InChI=1S/C9H6BrF2NO/c10-4-7-6(5-13)2-1-3-8(7)14-9(11)12/h1-3,9H,4H2. The largest absolute Gasteiger partial charge is 0.434 e. The second-order valence-corrected chi connectivity index (χ2v) is 2.97. The van der Waals surface area contributed by atoms with Crippen molar-refractivity contribution in [2.24, 2.45) is 0 Å². The molecule has 5 heteroatoms. The molecule has 0 spiro atoms. The Labute approximate surface area is 88.2 Å². The molecule has 0 aliphatic heterocycles. The molecule has 1 rings (SSSR count). The number of benzene rings is 1. The topological polar surface area (TPSA) is 33.0 Å². The molecule has 0 bridgehead atoms. The zero-order chi connectivity index (χ0) is 10.6. The minimum atomic E-state index is -2.87. The molecule has 0 saturated heterocycles. The van der Waals surface area contributed by atoms with E-state index in [-0.39, 0.29) is 5.75 Å². The predicted octanol–water partition coefficient (Wildman–Crippen LogP) is 3.05. The van der Waals surface area contributed by atoms with Gasteiger partial charge >= 0.3 is 6.61 Å². The maximum atomic E-state index is 12.0. The smallest absolute Gasteiger partial charge is 0.387 e. The molecular weight excluding hydrogens is 256 g/mol. The van der Waals surface area contributed by atoms with Crippen LogP contribution in [-0.2, 0) is 5.33 Å². The van der Waals surface area contributed by atoms with E-state index < -0.39 is 6.61 Å². The molecule has 2 nitrogen and oxygen atoms in total. The fourth-order valence-electron chi connectivity index (χ4n) is 1.01. The summed E-state index contributed by atoms with van der Waals surface area (Å²) in [4.78, 5) is 0. The van der Waals surface area contributed by atoms with Gasteiger partial charge in [-0.2, -0.15) is 14.0 Å². The second kappa shape index (κ2) is 4.91. The Hall–Kier alpha value is -1.15. The van der Waals surface area contributed by atoms with Gasteiger partial charge in [0, 0.05) is 10.9 Å². The second-order valence-electron chi connectivity index (χ2n) is 2.41. The summed E-state index contributed by atoms with van der Waals surface area (Å²) < 4.78 is 28.2. The molecule has 0 radical (unpaired) electrons. The normalized spacial score (nSPS) is 9.93. The lowest BCUT2D eigenvalue weighted by Crippen LogP contribution is -2.04. The van der Waals surface area contributed by atoms with E-state index in [2.05, 4.69) is 20.7 Å². The first-order valence-corrected chi connectivity index (χ1v) is 4.84. The van der Waals surface area contributed by atoms with E-state index in [0.29, 0.717) is 16.5 Å². The van der Waals surface area contributed by atoms with Gasteiger partial charge in [-0.25, -0.2) is 0 Å². The van der Waals surface area contributed by atoms with Crippen molar-refractivity contribution in [2.75, 3.05) is 0 Å². The maximum Gasteiger partial charge on any atom is 0.387 e. The van der Waals surface area contributed by atoms with Crippen LogP contribution in [0.15, 0.2) is 18.2 Å². The van der Waals surface area contributed by atoms with Crippen LogP contribution in [0.1, 0.15) is 11.1 Å². The highest BCUT2D eigenvalue weighted by Gasteiger charge is 2.11. The molecule has 0 atom stereocenters. The van der Waals surface area contributed by atoms with Gasteiger partial charge in [0.15, 0.2) is 0 Å². The number of alkyl halides is 3. The van der Waals surface area contributed by atoms with E-state index in [4.69, 9.17) is 5.26 Å². The molecule has 74 valence electrons. The molecule has 0 aliphatic carbocycles. The van der Waals surface area contributed by atoms with Crippen LogP contribution in [0.3, 0.4) is 0 Å². The minimum absolute atomic E-state index is 0.0379. The van der Waals surface area contributed by atoms with Crippen LogP contribution in [0.25, 0.3) is 0 Å². The predicted molar refractivity (Wildman–Crippen MR) is 50.4 cm³/mol. The van der Waals surface area contributed by atoms with Crippen LogP contribution in [0.4, 0.5) is 8.78 Å². The Kier molecular flexibility index (Phi) is 3.84. The quantitative estimate of drug-likeness (QED) is 0.784. The molecule has 0 heterocycles. The highest BCUT2D eigenvalue weighted by Crippen LogP contribution is 2.25. The van der Waals surface area contributed by atoms with Crippen molar-refractivity contribution in [1.82, 2.24) is 0 Å². The van der Waals surface area contributed by atoms with Crippen molar-refractivity contribution in [3.05, 3.63) is 29.3 Å². The minimum Gasteiger partial charge on any atom is -0.434 e. The molecule has 0 unspecified atom stereocenters. The zero-order valence-electron chi connectivity index (χ0n) is 7.01. The van der Waals surface area contributed by atoms with E-state index in [9.17, 15) is 8.78 Å². The third-order valence-electron chi connectivity index (χ3n) is 1.60. The third kappa shape index (κ3) is 2.42. The molecule has 0 saturated carbocycles. The summed E-state index contributed by atoms with van der Waals surface area (Å²) in [5, 5.41) is 9.00. The first-order valence-electron chi connectivity index (χ1n) is 3.71. The van der Waals surface area contributed by atoms with Crippen LogP contribution >= 0.6 is 15.9 Å². The van der Waals surface area contributed by atoms with Gasteiger partial charge in [0.1, 0.15) is 5.75 Å². The highest BCUT2D eigenvalue weighted by atomic mass is 79.9. The van der Waals surface area contributed by atoms with E-state index in [1.165, 1.54) is 12.1 Å². The van der Waals surface area contributed by atoms with Gasteiger partial charge in [-0.05, 0) is 12.1 Å². The van der Waals surface area contributed by atoms with E-state index in [1.54, 1.807) is 6.07 Å². The average Bonchev–Trinajstić information content (AvgIpc) is 2.16. The molecule has 14 heavy (non-hydrogen) atoms. The fraction of sp³-hybridized carbons (Fsp3) is 0.222. The number of rotatable bonds is 3. The fourth-order valence-corrected chi connectivity index (χ4v) is 1.59. The summed E-state index contributed by atoms with van der Waals surface area (Å²) >= 11 is 3.11. The van der Waals surface area contributed by atoms with Crippen molar-refractivity contribution in [1.29, 1.82) is 5.26 Å². The van der Waals surface area contributed by atoms with Gasteiger partial charge in [0.25, 0.3) is 0 Å². The molecule has 0 N–H and O–H groups in total. The molecule has 0 aliphatic rings. The summed E-state index contributed by atoms with van der Waals surface area (Å²) in [7, 11) is 0. The molecule has 1 aromatic rings. The summed E-state index contributed by atoms with van der Waals surface area (Å²) in [6.45, 7) is -2.87. The lowest BCUT2D eigenvalue weighted by molar-refractivity contribution is -0.0503. The van der Waals surface area contributed by atoms with Crippen molar-refractivity contribution < 1.29 is 13.5 Å². The van der Waals surface area contributed by atoms with Gasteiger partial charge in [0.2, 0.25) is 0 Å². The summed E-state index contributed by atoms with van der Waals surface area (Å²) in [6, 6.07) is 6.36. The Morgan fingerprint density at radius 2 is 2.21 bits per heavy atom. The molecule has 1 aromatic carbocycles.